The summed E-state index contributed by atoms with van der Waals surface area (Å²) in [5, 5.41) is 6.15. The molecule has 1 unspecified atom stereocenters. The van der Waals surface area contributed by atoms with E-state index in [-0.39, 0.29) is 23.9 Å². The lowest BCUT2D eigenvalue weighted by atomic mass is 9.88. The maximum atomic E-state index is 13.7. The number of imidazole rings is 1. The van der Waals surface area contributed by atoms with Crippen LogP contribution < -0.4 is 21.2 Å². The molecule has 8 heterocycles. The number of amides is 4. The van der Waals surface area contributed by atoms with E-state index in [1.165, 1.54) is 15.8 Å². The molecule has 2 N–H and O–H groups in total. The zero-order chi connectivity index (χ0) is 49.6. The van der Waals surface area contributed by atoms with Crippen molar-refractivity contribution < 1.29 is 23.9 Å². The van der Waals surface area contributed by atoms with Gasteiger partial charge < -0.3 is 19.1 Å². The molecule has 4 aliphatic heterocycles. The third kappa shape index (κ3) is 10.2. The number of carbonyl (C=O) groups is 4. The van der Waals surface area contributed by atoms with E-state index in [0.29, 0.717) is 29.6 Å². The molecule has 17 heteroatoms. The summed E-state index contributed by atoms with van der Waals surface area (Å²) in [6.45, 7) is 14.5. The Morgan fingerprint density at radius 3 is 2.21 bits per heavy atom. The number of hydrogen-bond acceptors (Lipinski definition) is 11. The summed E-state index contributed by atoms with van der Waals surface area (Å²) in [7, 11) is 3.81. The van der Waals surface area contributed by atoms with Crippen molar-refractivity contribution >= 4 is 57.4 Å². The lowest BCUT2D eigenvalue weighted by molar-refractivity contribution is -0.135. The van der Waals surface area contributed by atoms with Crippen molar-refractivity contribution in [3.63, 3.8) is 0 Å². The molecule has 372 valence electrons. The highest BCUT2D eigenvalue weighted by Crippen LogP contribution is 2.34. The second-order valence-corrected chi connectivity index (χ2v) is 20.9. The van der Waals surface area contributed by atoms with Crippen LogP contribution in [-0.2, 0) is 35.0 Å². The topological polar surface area (TPSA) is 172 Å². The van der Waals surface area contributed by atoms with Crippen LogP contribution in [0.15, 0.2) is 83.9 Å². The molecule has 4 amide bonds. The number of aryl methyl sites for hydroxylation is 2. The molecule has 10 rings (SSSR count). The van der Waals surface area contributed by atoms with Crippen molar-refractivity contribution in [1.29, 1.82) is 0 Å². The van der Waals surface area contributed by atoms with Crippen LogP contribution in [0, 0.1) is 5.92 Å². The number of rotatable bonds is 10. The van der Waals surface area contributed by atoms with Gasteiger partial charge in [0.2, 0.25) is 11.8 Å². The number of fused-ring (bicyclic) bond motifs is 2. The number of nitrogens with zero attached hydrogens (tertiary/aromatic N) is 9. The first kappa shape index (κ1) is 47.8. The van der Waals surface area contributed by atoms with E-state index in [1.807, 2.05) is 74.3 Å². The molecule has 4 fully saturated rings. The zero-order valence-electron chi connectivity index (χ0n) is 41.5. The first-order valence-electron chi connectivity index (χ1n) is 25.2. The Balaban J connectivity index is 0.670. The minimum absolute atomic E-state index is 0.122. The summed E-state index contributed by atoms with van der Waals surface area (Å²) < 4.78 is 10.7. The number of likely N-dealkylation sites (tertiary alicyclic amines) is 2. The lowest BCUT2D eigenvalue weighted by Crippen LogP contribution is -2.49. The maximum Gasteiger partial charge on any atom is 0.413 e. The van der Waals surface area contributed by atoms with Crippen LogP contribution in [-0.4, -0.2) is 127 Å². The van der Waals surface area contributed by atoms with Crippen LogP contribution in [0.1, 0.15) is 92.9 Å². The third-order valence-corrected chi connectivity index (χ3v) is 15.1. The number of piperazine rings is 1. The van der Waals surface area contributed by atoms with Crippen molar-refractivity contribution in [3.8, 4) is 11.1 Å². The average molecular weight is 964 g/mol. The van der Waals surface area contributed by atoms with Gasteiger partial charge in [-0.2, -0.15) is 0 Å². The number of ether oxygens (including phenoxy) is 1. The summed E-state index contributed by atoms with van der Waals surface area (Å²) >= 11 is 0. The summed E-state index contributed by atoms with van der Waals surface area (Å²) in [5.74, 6) is 0.819. The van der Waals surface area contributed by atoms with Gasteiger partial charge in [0.05, 0.1) is 11.0 Å². The van der Waals surface area contributed by atoms with E-state index in [1.54, 1.807) is 23.9 Å². The Morgan fingerprint density at radius 2 is 1.52 bits per heavy atom. The SMILES string of the molecule is Cn1c(CN2CCC(c3ccc(C(=O)N4CCC(CN5CCN(c6ccc7c(c6)n(C)c(=O)n7C6CCC(=O)NC6=O)CC5)CC4)cc3)CC2)cc2c(-c3ccc(NC(=O)OC(C)(C)C)nc3)ccnc21. The van der Waals surface area contributed by atoms with E-state index >= 15 is 0 Å². The highest BCUT2D eigenvalue weighted by atomic mass is 16.6. The molecule has 71 heavy (non-hydrogen) atoms. The molecule has 0 radical (unpaired) electrons. The fraction of sp³-hybridized carbons (Fsp3) is 0.463. The molecule has 4 aromatic heterocycles. The van der Waals surface area contributed by atoms with E-state index < -0.39 is 23.6 Å². The van der Waals surface area contributed by atoms with Gasteiger partial charge in [0.15, 0.2) is 0 Å². The normalized spacial score (nSPS) is 19.1. The van der Waals surface area contributed by atoms with Crippen LogP contribution in [0.25, 0.3) is 33.2 Å². The van der Waals surface area contributed by atoms with Gasteiger partial charge >= 0.3 is 11.8 Å². The van der Waals surface area contributed by atoms with Crippen LogP contribution in [0.5, 0.6) is 0 Å². The second-order valence-electron chi connectivity index (χ2n) is 20.9. The Kier molecular flexibility index (Phi) is 13.3. The molecule has 17 nitrogen and oxygen atoms in total. The fourth-order valence-corrected chi connectivity index (χ4v) is 11.1. The number of hydrogen-bond donors (Lipinski definition) is 2. The second kappa shape index (κ2) is 19.7. The van der Waals surface area contributed by atoms with Crippen LogP contribution in [0.3, 0.4) is 0 Å². The van der Waals surface area contributed by atoms with Gasteiger partial charge in [-0.3, -0.25) is 44.0 Å². The van der Waals surface area contributed by atoms with Crippen molar-refractivity contribution in [1.82, 2.24) is 43.7 Å². The number of aromatic nitrogens is 5. The number of pyridine rings is 2. The van der Waals surface area contributed by atoms with Crippen molar-refractivity contribution in [2.45, 2.75) is 83.4 Å². The Bertz CT molecular complexity index is 3020. The van der Waals surface area contributed by atoms with Crippen molar-refractivity contribution in [2.75, 3.05) is 69.1 Å². The molecule has 1 atom stereocenters. The van der Waals surface area contributed by atoms with Gasteiger partial charge in [0.25, 0.3) is 5.91 Å². The van der Waals surface area contributed by atoms with E-state index in [0.717, 1.165) is 130 Å². The Morgan fingerprint density at radius 1 is 0.775 bits per heavy atom. The lowest BCUT2D eigenvalue weighted by Gasteiger charge is -2.39. The molecular formula is C54H65N11O6. The smallest absolute Gasteiger partial charge is 0.413 e. The van der Waals surface area contributed by atoms with Crippen molar-refractivity contribution in [3.05, 3.63) is 106 Å². The maximum absolute atomic E-state index is 13.7. The van der Waals surface area contributed by atoms with Gasteiger partial charge in [0.1, 0.15) is 23.1 Å². The van der Waals surface area contributed by atoms with Gasteiger partial charge in [-0.1, -0.05) is 12.1 Å². The average Bonchev–Trinajstić information content (AvgIpc) is 3.81. The minimum atomic E-state index is -0.697. The standard InChI is InChI=1S/C54H65N11O6/c1-54(2,3)71-52(69)57-47-14-10-39(32-56-47)42-16-21-55-49-43(42)30-41(59(49)4)34-61-22-19-37(20-23-61)36-6-8-38(9-7-36)51(68)64-24-17-35(18-25-64)33-62-26-28-63(29-27-62)40-11-12-44-46(31-40)60(5)53(70)65(44)45-13-15-48(66)58-50(45)67/h6-12,14,16,21,30-32,35,37,45H,13,15,17-20,22-29,33-34H2,1-5H3,(H,56,57,69)(H,58,66,67). The quantitative estimate of drug-likeness (QED) is 0.141. The van der Waals surface area contributed by atoms with Gasteiger partial charge in [-0.05, 0) is 144 Å². The molecule has 2 aromatic carbocycles. The largest absolute Gasteiger partial charge is 0.444 e. The number of piperidine rings is 3. The number of benzene rings is 2. The highest BCUT2D eigenvalue weighted by Gasteiger charge is 2.32. The molecule has 4 aliphatic rings. The minimum Gasteiger partial charge on any atom is -0.444 e. The first-order chi connectivity index (χ1) is 34.2. The van der Waals surface area contributed by atoms with Crippen molar-refractivity contribution in [2.24, 2.45) is 20.0 Å². The summed E-state index contributed by atoms with van der Waals surface area (Å²) in [6, 6.07) is 21.7. The number of imide groups is 1. The van der Waals surface area contributed by atoms with Crippen LogP contribution in [0.4, 0.5) is 16.3 Å². The Hall–Kier alpha value is -6.85. The first-order valence-corrected chi connectivity index (χ1v) is 25.2. The monoisotopic (exact) mass is 964 g/mol. The molecule has 6 aromatic rings. The molecule has 0 aliphatic carbocycles. The highest BCUT2D eigenvalue weighted by molar-refractivity contribution is 6.00. The van der Waals surface area contributed by atoms with Crippen LogP contribution >= 0.6 is 0 Å². The molecule has 0 bridgehead atoms. The summed E-state index contributed by atoms with van der Waals surface area (Å²) in [6.07, 6.45) is 7.69. The predicted octanol–water partition coefficient (Wildman–Crippen LogP) is 6.67. The number of nitrogens with one attached hydrogen (secondary N) is 2. The fourth-order valence-electron chi connectivity index (χ4n) is 11.1. The van der Waals surface area contributed by atoms with E-state index in [4.69, 9.17) is 9.72 Å². The van der Waals surface area contributed by atoms with Crippen LogP contribution in [0.2, 0.25) is 0 Å². The van der Waals surface area contributed by atoms with E-state index in [9.17, 15) is 24.0 Å². The van der Waals surface area contributed by atoms with Gasteiger partial charge in [-0.15, -0.1) is 0 Å². The third-order valence-electron chi connectivity index (χ3n) is 15.1. The predicted molar refractivity (Wildman–Crippen MR) is 273 cm³/mol. The number of carbonyl (C=O) groups excluding carboxylic acids is 4. The summed E-state index contributed by atoms with van der Waals surface area (Å²) in [4.78, 5) is 82.3. The zero-order valence-corrected chi connectivity index (χ0v) is 41.5. The molecule has 4 saturated heterocycles. The van der Waals surface area contributed by atoms with Gasteiger partial charge in [-0.25, -0.2) is 19.6 Å². The van der Waals surface area contributed by atoms with Gasteiger partial charge in [0, 0.05) is 113 Å². The van der Waals surface area contributed by atoms with E-state index in [2.05, 4.69) is 60.1 Å². The summed E-state index contributed by atoms with van der Waals surface area (Å²) in [5.41, 5.74) is 7.83. The molecule has 0 spiro atoms. The Labute approximate surface area is 413 Å². The number of anilines is 2. The molecule has 0 saturated carbocycles. The molecular weight excluding hydrogens is 899 g/mol.